The van der Waals surface area contributed by atoms with E-state index in [1.54, 1.807) is 10.8 Å². The lowest BCUT2D eigenvalue weighted by atomic mass is 10.1. The third kappa shape index (κ3) is 3.73. The Balaban J connectivity index is 1.85. The van der Waals surface area contributed by atoms with Crippen LogP contribution in [0.2, 0.25) is 0 Å². The van der Waals surface area contributed by atoms with Crippen LogP contribution in [0.25, 0.3) is 11.1 Å². The highest BCUT2D eigenvalue weighted by atomic mass is 19.3. The van der Waals surface area contributed by atoms with Gasteiger partial charge < -0.3 is 9.30 Å². The van der Waals surface area contributed by atoms with Crippen molar-refractivity contribution in [1.82, 2.24) is 9.55 Å². The number of aromatic nitrogens is 2. The Hall–Kier alpha value is -2.83. The molecular weight excluding hydrogens is 324 g/mol. The minimum absolute atomic E-state index is 0.00810. The summed E-state index contributed by atoms with van der Waals surface area (Å²) >= 11 is 0. The Kier molecular flexibility index (Phi) is 4.50. The van der Waals surface area contributed by atoms with E-state index in [2.05, 4.69) is 9.72 Å². The van der Waals surface area contributed by atoms with Crippen molar-refractivity contribution in [2.45, 2.75) is 13.2 Å². The monoisotopic (exact) mass is 336 g/mol. The highest BCUT2D eigenvalue weighted by Gasteiger charge is 2.10. The quantitative estimate of drug-likeness (QED) is 0.643. The SMILES string of the molecule is Fc1ccn(Cc2cc(-c3ccc(OC(F)F)cc3)c(F)cn2)c1. The van der Waals surface area contributed by atoms with Gasteiger partial charge in [-0.15, -0.1) is 0 Å². The Bertz CT molecular complexity index is 831. The van der Waals surface area contributed by atoms with Gasteiger partial charge in [-0.25, -0.2) is 8.78 Å². The van der Waals surface area contributed by atoms with E-state index in [1.807, 2.05) is 0 Å². The zero-order valence-electron chi connectivity index (χ0n) is 12.3. The lowest BCUT2D eigenvalue weighted by Gasteiger charge is -2.09. The van der Waals surface area contributed by atoms with Crippen LogP contribution >= 0.6 is 0 Å². The average Bonchev–Trinajstić information content (AvgIpc) is 2.95. The van der Waals surface area contributed by atoms with E-state index in [0.29, 0.717) is 11.3 Å². The molecule has 0 N–H and O–H groups in total. The molecule has 3 nitrogen and oxygen atoms in total. The van der Waals surface area contributed by atoms with E-state index in [9.17, 15) is 17.6 Å². The van der Waals surface area contributed by atoms with E-state index < -0.39 is 12.4 Å². The molecule has 0 radical (unpaired) electrons. The number of hydrogen-bond acceptors (Lipinski definition) is 2. The summed E-state index contributed by atoms with van der Waals surface area (Å²) in [4.78, 5) is 3.98. The van der Waals surface area contributed by atoms with E-state index in [4.69, 9.17) is 0 Å². The fourth-order valence-corrected chi connectivity index (χ4v) is 2.30. The fourth-order valence-electron chi connectivity index (χ4n) is 2.30. The zero-order valence-corrected chi connectivity index (χ0v) is 12.3. The topological polar surface area (TPSA) is 27.1 Å². The summed E-state index contributed by atoms with van der Waals surface area (Å²) in [6, 6.07) is 8.48. The van der Waals surface area contributed by atoms with Crippen molar-refractivity contribution in [3.63, 3.8) is 0 Å². The van der Waals surface area contributed by atoms with Crippen molar-refractivity contribution < 1.29 is 22.3 Å². The number of ether oxygens (including phenoxy) is 1. The highest BCUT2D eigenvalue weighted by Crippen LogP contribution is 2.26. The zero-order chi connectivity index (χ0) is 17.1. The second-order valence-electron chi connectivity index (χ2n) is 5.06. The molecule has 124 valence electrons. The molecule has 0 saturated heterocycles. The lowest BCUT2D eigenvalue weighted by molar-refractivity contribution is -0.0498. The molecule has 0 bridgehead atoms. The van der Waals surface area contributed by atoms with Crippen LogP contribution in [0.5, 0.6) is 5.75 Å². The van der Waals surface area contributed by atoms with Crippen molar-refractivity contribution in [2.75, 3.05) is 0 Å². The summed E-state index contributed by atoms with van der Waals surface area (Å²) < 4.78 is 57.2. The molecule has 0 aliphatic carbocycles. The maximum atomic E-state index is 14.0. The van der Waals surface area contributed by atoms with Crippen LogP contribution in [-0.4, -0.2) is 16.2 Å². The lowest BCUT2D eigenvalue weighted by Crippen LogP contribution is -2.02. The number of nitrogens with zero attached hydrogens (tertiary/aromatic N) is 2. The van der Waals surface area contributed by atoms with E-state index in [-0.39, 0.29) is 23.7 Å². The number of halogens is 4. The van der Waals surface area contributed by atoms with E-state index >= 15 is 0 Å². The average molecular weight is 336 g/mol. The van der Waals surface area contributed by atoms with Gasteiger partial charge in [-0.05, 0) is 29.8 Å². The Morgan fingerprint density at radius 1 is 1.08 bits per heavy atom. The third-order valence-corrected chi connectivity index (χ3v) is 3.36. The van der Waals surface area contributed by atoms with Crippen LogP contribution in [-0.2, 0) is 6.54 Å². The van der Waals surface area contributed by atoms with Gasteiger partial charge in [-0.2, -0.15) is 8.78 Å². The Morgan fingerprint density at radius 2 is 1.83 bits per heavy atom. The van der Waals surface area contributed by atoms with Gasteiger partial charge in [0.15, 0.2) is 0 Å². The van der Waals surface area contributed by atoms with Gasteiger partial charge in [0.05, 0.1) is 18.4 Å². The van der Waals surface area contributed by atoms with Crippen molar-refractivity contribution in [3.05, 3.63) is 72.3 Å². The van der Waals surface area contributed by atoms with Crippen LogP contribution in [0, 0.1) is 11.6 Å². The molecule has 7 heteroatoms. The molecule has 24 heavy (non-hydrogen) atoms. The van der Waals surface area contributed by atoms with Gasteiger partial charge >= 0.3 is 6.61 Å². The molecular formula is C17H12F4N2O. The fraction of sp³-hybridized carbons (Fsp3) is 0.118. The van der Waals surface area contributed by atoms with Crippen molar-refractivity contribution in [3.8, 4) is 16.9 Å². The summed E-state index contributed by atoms with van der Waals surface area (Å²) in [6.07, 6.45) is 3.94. The molecule has 0 atom stereocenters. The Morgan fingerprint density at radius 3 is 2.46 bits per heavy atom. The molecule has 0 aliphatic rings. The first-order chi connectivity index (χ1) is 11.5. The number of alkyl halides is 2. The summed E-state index contributed by atoms with van der Waals surface area (Å²) in [7, 11) is 0. The third-order valence-electron chi connectivity index (χ3n) is 3.36. The maximum Gasteiger partial charge on any atom is 0.387 e. The summed E-state index contributed by atoms with van der Waals surface area (Å²) in [5.74, 6) is -0.918. The predicted molar refractivity (Wildman–Crippen MR) is 79.8 cm³/mol. The maximum absolute atomic E-state index is 14.0. The number of pyridine rings is 1. The minimum atomic E-state index is -2.91. The van der Waals surface area contributed by atoms with Crippen LogP contribution < -0.4 is 4.74 Å². The molecule has 0 fully saturated rings. The second kappa shape index (κ2) is 6.74. The van der Waals surface area contributed by atoms with Crippen LogP contribution in [0.3, 0.4) is 0 Å². The molecule has 3 aromatic rings. The van der Waals surface area contributed by atoms with Crippen molar-refractivity contribution >= 4 is 0 Å². The minimum Gasteiger partial charge on any atom is -0.435 e. The highest BCUT2D eigenvalue weighted by molar-refractivity contribution is 5.65. The molecule has 0 amide bonds. The number of hydrogen-bond donors (Lipinski definition) is 0. The normalized spacial score (nSPS) is 11.0. The molecule has 2 aromatic heterocycles. The Labute approximate surface area is 135 Å². The van der Waals surface area contributed by atoms with Gasteiger partial charge in [0.1, 0.15) is 17.4 Å². The van der Waals surface area contributed by atoms with E-state index in [0.717, 1.165) is 6.20 Å². The number of rotatable bonds is 5. The van der Waals surface area contributed by atoms with Gasteiger partial charge in [0.25, 0.3) is 0 Å². The molecule has 0 aliphatic heterocycles. The van der Waals surface area contributed by atoms with Crippen LogP contribution in [0.4, 0.5) is 17.6 Å². The van der Waals surface area contributed by atoms with Gasteiger partial charge in [0, 0.05) is 18.0 Å². The largest absolute Gasteiger partial charge is 0.435 e. The first-order valence-corrected chi connectivity index (χ1v) is 7.02. The van der Waals surface area contributed by atoms with Crippen molar-refractivity contribution in [1.29, 1.82) is 0 Å². The molecule has 2 heterocycles. The summed E-state index contributed by atoms with van der Waals surface area (Å²) in [5.41, 5.74) is 1.31. The smallest absolute Gasteiger partial charge is 0.387 e. The predicted octanol–water partition coefficient (Wildman–Crippen LogP) is 4.48. The first kappa shape index (κ1) is 16.0. The van der Waals surface area contributed by atoms with Crippen LogP contribution in [0.15, 0.2) is 55.0 Å². The van der Waals surface area contributed by atoms with E-state index in [1.165, 1.54) is 42.6 Å². The van der Waals surface area contributed by atoms with Crippen LogP contribution in [0.1, 0.15) is 5.69 Å². The number of benzene rings is 1. The van der Waals surface area contributed by atoms with Gasteiger partial charge in [-0.1, -0.05) is 12.1 Å². The standard InChI is InChI=1S/C17H12F4N2O/c18-12-5-6-23(9-12)10-13-7-15(16(19)8-22-13)11-1-3-14(4-2-11)24-17(20)21/h1-9,17H,10H2. The van der Waals surface area contributed by atoms with Gasteiger partial charge in [0.2, 0.25) is 0 Å². The summed E-state index contributed by atoms with van der Waals surface area (Å²) in [5, 5.41) is 0. The summed E-state index contributed by atoms with van der Waals surface area (Å²) in [6.45, 7) is -2.63. The molecule has 0 unspecified atom stereocenters. The second-order valence-corrected chi connectivity index (χ2v) is 5.06. The first-order valence-electron chi connectivity index (χ1n) is 7.02. The van der Waals surface area contributed by atoms with Crippen molar-refractivity contribution in [2.24, 2.45) is 0 Å². The molecule has 1 aromatic carbocycles. The molecule has 0 spiro atoms. The molecule has 0 saturated carbocycles. The van der Waals surface area contributed by atoms with Gasteiger partial charge in [-0.3, -0.25) is 4.98 Å². The molecule has 3 rings (SSSR count).